The van der Waals surface area contributed by atoms with Gasteiger partial charge < -0.3 is 4.57 Å². The van der Waals surface area contributed by atoms with Crippen LogP contribution in [-0.2, 0) is 19.4 Å². The highest BCUT2D eigenvalue weighted by atomic mass is 32.1. The molecule has 69 heavy (non-hydrogen) atoms. The minimum Gasteiger partial charge on any atom is -0.339 e. The van der Waals surface area contributed by atoms with E-state index >= 15 is 0 Å². The van der Waals surface area contributed by atoms with Crippen LogP contribution in [0.3, 0.4) is 0 Å². The molecule has 3 atom stereocenters. The summed E-state index contributed by atoms with van der Waals surface area (Å²) in [5, 5.41) is 0. The molecule has 0 aromatic carbocycles. The number of pyridine rings is 2. The third-order valence-corrected chi connectivity index (χ3v) is 22.5. The zero-order valence-corrected chi connectivity index (χ0v) is 46.9. The maximum Gasteiger partial charge on any atom is 0.132 e. The number of hydrogen-bond donors (Lipinski definition) is 0. The standard InChI is InChI=1S/C54H59N7S8/c1-7-13-16-30(10-4)19-33-21-41-43(62-33)25-45(64-41)49-51-47(57-68-59-51)35(27-55-49)39-23-37-53(66-39)54-38(61(37)29-32(12-6)18-15-9-3)24-40(67-54)36-28-56-50(52-48(36)58-69-60-52)46-26-44-42(65-46)22-34(63-44)20-31(11-5)17-14-8-2/h21-28,30-32H,7-20,29H2,1-6H3. The predicted molar refractivity (Wildman–Crippen MR) is 308 cm³/mol. The Morgan fingerprint density at radius 1 is 0.449 bits per heavy atom. The fraction of sp³-hybridized carbons (Fsp3) is 0.444. The molecule has 0 aliphatic heterocycles. The lowest BCUT2D eigenvalue weighted by atomic mass is 9.95. The van der Waals surface area contributed by atoms with E-state index in [-0.39, 0.29) is 0 Å². The smallest absolute Gasteiger partial charge is 0.132 e. The quantitative estimate of drug-likeness (QED) is 0.0673. The lowest BCUT2D eigenvalue weighted by Crippen LogP contribution is -2.09. The second-order valence-corrected chi connectivity index (χ2v) is 26.7. The Balaban J connectivity index is 0.929. The zero-order chi connectivity index (χ0) is 47.2. The summed E-state index contributed by atoms with van der Waals surface area (Å²) >= 11 is 13.9. The monoisotopic (exact) mass is 1060 g/mol. The van der Waals surface area contributed by atoms with E-state index in [1.165, 1.54) is 175 Å². The van der Waals surface area contributed by atoms with Crippen molar-refractivity contribution in [2.24, 2.45) is 17.8 Å². The first kappa shape index (κ1) is 47.8. The van der Waals surface area contributed by atoms with Gasteiger partial charge in [-0.3, -0.25) is 9.97 Å². The minimum atomic E-state index is 0.595. The fourth-order valence-electron chi connectivity index (χ4n) is 10.2. The van der Waals surface area contributed by atoms with Crippen molar-refractivity contribution >= 4 is 153 Å². The molecule has 0 bridgehead atoms. The average Bonchev–Trinajstić information content (AvgIpc) is 4.21. The second-order valence-electron chi connectivity index (χ2n) is 19.0. The van der Waals surface area contributed by atoms with E-state index in [0.29, 0.717) is 5.92 Å². The SMILES string of the molecule is CCCCC(CC)Cc1cc2sc(-c3ncc(-c4cc5c(s4)c4sc(-c6cnc(-c7cc8sc(CC(CC)CCCC)cc8s7)c7nsnc67)cc4n5CC(CC)CCCC)c4nsnc34)cc2s1. The van der Waals surface area contributed by atoms with Gasteiger partial charge in [-0.2, -0.15) is 17.5 Å². The normalized spacial score (nSPS) is 13.8. The van der Waals surface area contributed by atoms with E-state index in [1.54, 1.807) is 0 Å². The van der Waals surface area contributed by atoms with Gasteiger partial charge in [0.2, 0.25) is 0 Å². The summed E-state index contributed by atoms with van der Waals surface area (Å²) in [6.07, 6.45) is 21.7. The van der Waals surface area contributed by atoms with Crippen molar-refractivity contribution in [2.45, 2.75) is 138 Å². The Hall–Kier alpha value is -3.54. The lowest BCUT2D eigenvalue weighted by Gasteiger charge is -2.16. The van der Waals surface area contributed by atoms with Gasteiger partial charge in [0, 0.05) is 68.4 Å². The van der Waals surface area contributed by atoms with Gasteiger partial charge in [-0.15, -0.1) is 68.0 Å². The second kappa shape index (κ2) is 20.9. The maximum absolute atomic E-state index is 5.19. The molecule has 0 N–H and O–H groups in total. The molecule has 11 aromatic rings. The highest BCUT2D eigenvalue weighted by Gasteiger charge is 2.26. The van der Waals surface area contributed by atoms with Gasteiger partial charge in [0.1, 0.15) is 33.5 Å². The third-order valence-electron chi connectivity index (χ3n) is 14.4. The summed E-state index contributed by atoms with van der Waals surface area (Å²) in [4.78, 5) is 18.1. The molecule has 3 unspecified atom stereocenters. The number of hydrogen-bond acceptors (Lipinski definition) is 14. The number of nitrogens with zero attached hydrogens (tertiary/aromatic N) is 7. The van der Waals surface area contributed by atoms with Crippen molar-refractivity contribution < 1.29 is 0 Å². The molecular formula is C54H59N7S8. The Morgan fingerprint density at radius 3 is 1.29 bits per heavy atom. The van der Waals surface area contributed by atoms with Crippen LogP contribution in [0.1, 0.15) is 128 Å². The van der Waals surface area contributed by atoms with Gasteiger partial charge in [0.05, 0.1) is 53.6 Å². The molecule has 0 aliphatic rings. The van der Waals surface area contributed by atoms with Crippen molar-refractivity contribution in [1.29, 1.82) is 0 Å². The van der Waals surface area contributed by atoms with Crippen molar-refractivity contribution in [2.75, 3.05) is 0 Å². The van der Waals surface area contributed by atoms with E-state index in [2.05, 4.69) is 94.9 Å². The van der Waals surface area contributed by atoms with Crippen molar-refractivity contribution in [3.05, 3.63) is 58.5 Å². The van der Waals surface area contributed by atoms with E-state index < -0.39 is 0 Å². The molecule has 11 rings (SSSR count). The summed E-state index contributed by atoms with van der Waals surface area (Å²) in [5.41, 5.74) is 10.3. The van der Waals surface area contributed by atoms with Gasteiger partial charge in [-0.25, -0.2) is 0 Å². The number of aromatic nitrogens is 7. The molecule has 0 spiro atoms. The maximum atomic E-state index is 5.19. The largest absolute Gasteiger partial charge is 0.339 e. The molecule has 358 valence electrons. The van der Waals surface area contributed by atoms with Crippen LogP contribution in [0, 0.1) is 17.8 Å². The van der Waals surface area contributed by atoms with Crippen molar-refractivity contribution in [3.8, 4) is 42.0 Å². The lowest BCUT2D eigenvalue weighted by molar-refractivity contribution is 0.401. The van der Waals surface area contributed by atoms with Crippen LogP contribution < -0.4 is 0 Å². The molecule has 15 heteroatoms. The Labute approximate surface area is 437 Å². The molecule has 0 saturated heterocycles. The summed E-state index contributed by atoms with van der Waals surface area (Å²) in [7, 11) is 0. The first-order valence-corrected chi connectivity index (χ1v) is 31.6. The minimum absolute atomic E-state index is 0.595. The number of unbranched alkanes of at least 4 members (excludes halogenated alkanes) is 3. The van der Waals surface area contributed by atoms with E-state index in [1.807, 2.05) is 68.0 Å². The predicted octanol–water partition coefficient (Wildman–Crippen LogP) is 19.7. The van der Waals surface area contributed by atoms with Crippen LogP contribution in [0.25, 0.3) is 103 Å². The highest BCUT2D eigenvalue weighted by Crippen LogP contribution is 2.49. The van der Waals surface area contributed by atoms with Crippen LogP contribution in [0.4, 0.5) is 0 Å². The summed E-state index contributed by atoms with van der Waals surface area (Å²) in [6, 6.07) is 14.4. The first-order chi connectivity index (χ1) is 33.9. The third kappa shape index (κ3) is 9.30. The first-order valence-electron chi connectivity index (χ1n) is 25.2. The summed E-state index contributed by atoms with van der Waals surface area (Å²) in [6.45, 7) is 14.9. The topological polar surface area (TPSA) is 82.3 Å². The Bertz CT molecular complexity index is 3240. The van der Waals surface area contributed by atoms with Crippen LogP contribution in [0.5, 0.6) is 0 Å². The molecule has 0 saturated carbocycles. The fourth-order valence-corrected chi connectivity index (χ4v) is 18.9. The molecule has 7 nitrogen and oxygen atoms in total. The van der Waals surface area contributed by atoms with Crippen LogP contribution in [0.15, 0.2) is 48.8 Å². The van der Waals surface area contributed by atoms with E-state index in [4.69, 9.17) is 27.5 Å². The number of thiophene rings is 6. The summed E-state index contributed by atoms with van der Waals surface area (Å²) < 4.78 is 30.4. The molecule has 0 fully saturated rings. The van der Waals surface area contributed by atoms with Gasteiger partial charge >= 0.3 is 0 Å². The molecule has 0 amide bonds. The molecular weight excluding hydrogens is 1000 g/mol. The van der Waals surface area contributed by atoms with Crippen molar-refractivity contribution in [1.82, 2.24) is 32.0 Å². The van der Waals surface area contributed by atoms with Gasteiger partial charge in [-0.05, 0) is 73.4 Å². The average molecular weight is 1060 g/mol. The Morgan fingerprint density at radius 2 is 0.870 bits per heavy atom. The van der Waals surface area contributed by atoms with Crippen molar-refractivity contribution in [3.63, 3.8) is 0 Å². The van der Waals surface area contributed by atoms with E-state index in [9.17, 15) is 0 Å². The van der Waals surface area contributed by atoms with E-state index in [0.717, 1.165) is 69.4 Å². The zero-order valence-electron chi connectivity index (χ0n) is 40.4. The van der Waals surface area contributed by atoms with Crippen LogP contribution in [0.2, 0.25) is 0 Å². The number of fused-ring (bicyclic) bond motifs is 7. The molecule has 11 aromatic heterocycles. The molecule has 0 aliphatic carbocycles. The highest BCUT2D eigenvalue weighted by molar-refractivity contribution is 7.31. The molecule has 11 heterocycles. The van der Waals surface area contributed by atoms with Crippen LogP contribution in [-0.4, -0.2) is 32.0 Å². The van der Waals surface area contributed by atoms with Gasteiger partial charge in [-0.1, -0.05) is 112 Å². The van der Waals surface area contributed by atoms with Gasteiger partial charge in [0.25, 0.3) is 0 Å². The number of rotatable bonds is 22. The molecule has 0 radical (unpaired) electrons. The van der Waals surface area contributed by atoms with Gasteiger partial charge in [0.15, 0.2) is 0 Å². The summed E-state index contributed by atoms with van der Waals surface area (Å²) in [5.74, 6) is 2.13. The Kier molecular flexibility index (Phi) is 14.5. The van der Waals surface area contributed by atoms with Crippen LogP contribution >= 0.6 is 91.5 Å².